The minimum atomic E-state index is 0.170. The van der Waals surface area contributed by atoms with Crippen LogP contribution < -0.4 is 4.90 Å². The topological polar surface area (TPSA) is 38.1 Å². The molecule has 1 fully saturated rings. The molecule has 1 aliphatic heterocycles. The Hall–Kier alpha value is -2.10. The number of rotatable bonds is 2. The Morgan fingerprint density at radius 1 is 1.26 bits per heavy atom. The van der Waals surface area contributed by atoms with Gasteiger partial charge in [-0.3, -0.25) is 9.48 Å². The van der Waals surface area contributed by atoms with E-state index in [1.54, 1.807) is 6.92 Å². The first-order valence-corrected chi connectivity index (χ1v) is 8.46. The fourth-order valence-corrected chi connectivity index (χ4v) is 4.11. The van der Waals surface area contributed by atoms with E-state index >= 15 is 0 Å². The summed E-state index contributed by atoms with van der Waals surface area (Å²) in [5, 5.41) is 4.26. The number of aryl methyl sites for hydroxylation is 1. The van der Waals surface area contributed by atoms with Crippen molar-refractivity contribution in [3.63, 3.8) is 0 Å². The molecule has 0 bridgehead atoms. The van der Waals surface area contributed by atoms with Crippen LogP contribution in [0.25, 0.3) is 11.1 Å². The first-order valence-electron chi connectivity index (χ1n) is 8.46. The van der Waals surface area contributed by atoms with E-state index in [9.17, 15) is 4.79 Å². The van der Waals surface area contributed by atoms with Gasteiger partial charge in [0.25, 0.3) is 0 Å². The number of hydrogen-bond acceptors (Lipinski definition) is 2. The molecule has 0 radical (unpaired) electrons. The maximum Gasteiger partial charge on any atom is 0.224 e. The van der Waals surface area contributed by atoms with Crippen LogP contribution >= 0.6 is 0 Å². The summed E-state index contributed by atoms with van der Waals surface area (Å²) >= 11 is 0. The van der Waals surface area contributed by atoms with Crippen LogP contribution in [-0.2, 0) is 18.3 Å². The van der Waals surface area contributed by atoms with Crippen molar-refractivity contribution in [3.8, 4) is 11.1 Å². The van der Waals surface area contributed by atoms with E-state index in [1.807, 2.05) is 24.1 Å². The molecule has 4 nitrogen and oxygen atoms in total. The molecule has 1 aromatic carbocycles. The molecule has 0 saturated heterocycles. The molecule has 120 valence electrons. The van der Waals surface area contributed by atoms with E-state index in [0.29, 0.717) is 17.9 Å². The predicted octanol–water partition coefficient (Wildman–Crippen LogP) is 3.41. The van der Waals surface area contributed by atoms with E-state index < -0.39 is 0 Å². The number of benzene rings is 1. The lowest BCUT2D eigenvalue weighted by Crippen LogP contribution is -2.48. The Kier molecular flexibility index (Phi) is 3.29. The molecule has 23 heavy (non-hydrogen) atoms. The molecule has 0 N–H and O–H groups in total. The second-order valence-corrected chi connectivity index (χ2v) is 7.14. The van der Waals surface area contributed by atoms with Crippen LogP contribution in [-0.4, -0.2) is 21.7 Å². The van der Waals surface area contributed by atoms with Gasteiger partial charge >= 0.3 is 0 Å². The minimum Gasteiger partial charge on any atom is -0.309 e. The molecule has 1 saturated carbocycles. The highest BCUT2D eigenvalue weighted by Crippen LogP contribution is 2.45. The summed E-state index contributed by atoms with van der Waals surface area (Å²) < 4.78 is 1.82. The van der Waals surface area contributed by atoms with Crippen LogP contribution in [0.1, 0.15) is 32.3 Å². The van der Waals surface area contributed by atoms with Gasteiger partial charge in [0.2, 0.25) is 5.91 Å². The Bertz CT molecular complexity index is 760. The number of carbonyl (C=O) groups is 1. The highest BCUT2D eigenvalue weighted by atomic mass is 16.2. The fourth-order valence-electron chi connectivity index (χ4n) is 4.11. The van der Waals surface area contributed by atoms with Crippen molar-refractivity contribution >= 4 is 11.6 Å². The van der Waals surface area contributed by atoms with Crippen molar-refractivity contribution in [3.05, 3.63) is 36.2 Å². The average molecular weight is 309 g/mol. The van der Waals surface area contributed by atoms with Crippen LogP contribution in [0.2, 0.25) is 0 Å². The first kappa shape index (κ1) is 14.5. The molecular weight excluding hydrogens is 286 g/mol. The van der Waals surface area contributed by atoms with Gasteiger partial charge in [-0.25, -0.2) is 0 Å². The molecule has 2 aromatic rings. The zero-order valence-electron chi connectivity index (χ0n) is 14.0. The first-order chi connectivity index (χ1) is 11.0. The van der Waals surface area contributed by atoms with Gasteiger partial charge in [-0.1, -0.05) is 13.0 Å². The Morgan fingerprint density at radius 3 is 2.65 bits per heavy atom. The van der Waals surface area contributed by atoms with Crippen LogP contribution in [0.5, 0.6) is 0 Å². The van der Waals surface area contributed by atoms with Crippen LogP contribution in [0, 0.1) is 11.8 Å². The Balaban J connectivity index is 1.76. The molecule has 4 heteroatoms. The van der Waals surface area contributed by atoms with Crippen molar-refractivity contribution in [1.82, 2.24) is 9.78 Å². The zero-order valence-corrected chi connectivity index (χ0v) is 14.0. The summed E-state index contributed by atoms with van der Waals surface area (Å²) in [6, 6.07) is 6.86. The third kappa shape index (κ3) is 2.46. The monoisotopic (exact) mass is 309 g/mol. The lowest BCUT2D eigenvalue weighted by molar-refractivity contribution is -0.117. The van der Waals surface area contributed by atoms with Crippen LogP contribution in [0.3, 0.4) is 0 Å². The number of aromatic nitrogens is 2. The number of carbonyl (C=O) groups excluding carboxylic acids is 1. The number of nitrogens with zero attached hydrogens (tertiary/aromatic N) is 3. The number of hydrogen-bond donors (Lipinski definition) is 0. The van der Waals surface area contributed by atoms with E-state index in [-0.39, 0.29) is 5.91 Å². The highest BCUT2D eigenvalue weighted by molar-refractivity contribution is 5.94. The van der Waals surface area contributed by atoms with Gasteiger partial charge in [-0.15, -0.1) is 0 Å². The maximum atomic E-state index is 12.3. The molecule has 2 heterocycles. The lowest BCUT2D eigenvalue weighted by atomic mass is 9.83. The van der Waals surface area contributed by atoms with Crippen LogP contribution in [0.15, 0.2) is 30.6 Å². The summed E-state index contributed by atoms with van der Waals surface area (Å²) in [7, 11) is 1.93. The number of anilines is 1. The summed E-state index contributed by atoms with van der Waals surface area (Å²) in [4.78, 5) is 14.4. The normalized spacial score (nSPS) is 23.7. The molecule has 2 atom stereocenters. The second-order valence-electron chi connectivity index (χ2n) is 7.14. The van der Waals surface area contributed by atoms with Gasteiger partial charge in [0.1, 0.15) is 0 Å². The third-order valence-corrected chi connectivity index (χ3v) is 5.24. The largest absolute Gasteiger partial charge is 0.309 e. The molecule has 4 rings (SSSR count). The van der Waals surface area contributed by atoms with Gasteiger partial charge in [-0.05, 0) is 54.4 Å². The molecule has 2 aliphatic rings. The fraction of sp³-hybridized carbons (Fsp3) is 0.474. The molecule has 1 aromatic heterocycles. The zero-order chi connectivity index (χ0) is 16.1. The third-order valence-electron chi connectivity index (χ3n) is 5.24. The summed E-state index contributed by atoms with van der Waals surface area (Å²) in [5.74, 6) is 1.38. The number of fused-ring (bicyclic) bond motifs is 1. The molecule has 1 aliphatic carbocycles. The van der Waals surface area contributed by atoms with Gasteiger partial charge in [-0.2, -0.15) is 5.10 Å². The average Bonchev–Trinajstić information content (AvgIpc) is 3.25. The summed E-state index contributed by atoms with van der Waals surface area (Å²) in [5.41, 5.74) is 4.70. The van der Waals surface area contributed by atoms with Crippen LogP contribution in [0.4, 0.5) is 5.69 Å². The van der Waals surface area contributed by atoms with Gasteiger partial charge in [0.15, 0.2) is 0 Å². The van der Waals surface area contributed by atoms with E-state index in [2.05, 4.69) is 35.1 Å². The SMILES string of the molecule is CC(=O)N1c2ccc(-c3cnn(C)c3)cc2CC(C)[C@@H]1C1CC1. The van der Waals surface area contributed by atoms with E-state index in [1.165, 1.54) is 24.0 Å². The van der Waals surface area contributed by atoms with Gasteiger partial charge < -0.3 is 4.90 Å². The lowest BCUT2D eigenvalue weighted by Gasteiger charge is -2.41. The van der Waals surface area contributed by atoms with Gasteiger partial charge in [0.05, 0.1) is 6.20 Å². The molecule has 0 spiro atoms. The quantitative estimate of drug-likeness (QED) is 0.852. The second kappa shape index (κ2) is 5.22. The van der Waals surface area contributed by atoms with E-state index in [0.717, 1.165) is 17.7 Å². The van der Waals surface area contributed by atoms with Crippen molar-refractivity contribution in [1.29, 1.82) is 0 Å². The summed E-state index contributed by atoms with van der Waals surface area (Å²) in [6.07, 6.45) is 7.51. The molecular formula is C19H23N3O. The number of amides is 1. The van der Waals surface area contributed by atoms with Gasteiger partial charge in [0, 0.05) is 37.5 Å². The molecule has 1 amide bonds. The van der Waals surface area contributed by atoms with Crippen molar-refractivity contribution in [2.75, 3.05) is 4.90 Å². The van der Waals surface area contributed by atoms with Crippen molar-refractivity contribution in [2.24, 2.45) is 18.9 Å². The Labute approximate surface area is 137 Å². The van der Waals surface area contributed by atoms with Crippen molar-refractivity contribution in [2.45, 2.75) is 39.2 Å². The molecule has 1 unspecified atom stereocenters. The minimum absolute atomic E-state index is 0.170. The predicted molar refractivity (Wildman–Crippen MR) is 91.2 cm³/mol. The van der Waals surface area contributed by atoms with Crippen molar-refractivity contribution < 1.29 is 4.79 Å². The highest BCUT2D eigenvalue weighted by Gasteiger charge is 2.43. The smallest absolute Gasteiger partial charge is 0.224 e. The standard InChI is InChI=1S/C19H23N3O/c1-12-8-16-9-15(17-10-20-21(3)11-17)6-7-18(16)22(13(2)23)19(12)14-4-5-14/h6-7,9-12,14,19H,4-5,8H2,1-3H3/t12?,19-/m1/s1. The Morgan fingerprint density at radius 2 is 2.04 bits per heavy atom. The van der Waals surface area contributed by atoms with E-state index in [4.69, 9.17) is 0 Å². The maximum absolute atomic E-state index is 12.3. The summed E-state index contributed by atoms with van der Waals surface area (Å²) in [6.45, 7) is 3.99.